The predicted octanol–water partition coefficient (Wildman–Crippen LogP) is 3.95. The van der Waals surface area contributed by atoms with Crippen LogP contribution < -0.4 is 5.32 Å². The zero-order chi connectivity index (χ0) is 19.6. The molecule has 27 heavy (non-hydrogen) atoms. The third-order valence-corrected chi connectivity index (χ3v) is 4.43. The summed E-state index contributed by atoms with van der Waals surface area (Å²) in [5, 5.41) is 2.77. The van der Waals surface area contributed by atoms with Crippen LogP contribution in [0.2, 0.25) is 0 Å². The Kier molecular flexibility index (Phi) is 7.99. The predicted molar refractivity (Wildman–Crippen MR) is 105 cm³/mol. The second-order valence-electron chi connectivity index (χ2n) is 6.52. The zero-order valence-electron chi connectivity index (χ0n) is 16.0. The molecule has 2 aromatic rings. The van der Waals surface area contributed by atoms with Gasteiger partial charge in [0.25, 0.3) is 5.91 Å². The average Bonchev–Trinajstić information content (AvgIpc) is 2.70. The van der Waals surface area contributed by atoms with Gasteiger partial charge in [0.2, 0.25) is 5.91 Å². The van der Waals surface area contributed by atoms with Crippen molar-refractivity contribution in [2.24, 2.45) is 0 Å². The first-order chi connectivity index (χ1) is 13.0. The van der Waals surface area contributed by atoms with Gasteiger partial charge in [0.05, 0.1) is 6.54 Å². The molecule has 0 fully saturated rings. The molecule has 0 aromatic heterocycles. The largest absolute Gasteiger partial charge is 0.350 e. The van der Waals surface area contributed by atoms with Gasteiger partial charge in [0, 0.05) is 18.7 Å². The molecule has 0 spiro atoms. The lowest BCUT2D eigenvalue weighted by atomic mass is 10.1. The Bertz CT molecular complexity index is 742. The third-order valence-electron chi connectivity index (χ3n) is 4.43. The Morgan fingerprint density at radius 2 is 1.59 bits per heavy atom. The van der Waals surface area contributed by atoms with Crippen molar-refractivity contribution in [1.29, 1.82) is 0 Å². The smallest absolute Gasteiger partial charge is 0.254 e. The Morgan fingerprint density at radius 1 is 0.963 bits per heavy atom. The maximum Gasteiger partial charge on any atom is 0.254 e. The van der Waals surface area contributed by atoms with Gasteiger partial charge in [-0.15, -0.1) is 0 Å². The summed E-state index contributed by atoms with van der Waals surface area (Å²) in [5.74, 6) is -0.709. The molecule has 0 bridgehead atoms. The number of nitrogens with zero attached hydrogens (tertiary/aromatic N) is 1. The first-order valence-electron chi connectivity index (χ1n) is 9.42. The number of hydrogen-bond donors (Lipinski definition) is 1. The van der Waals surface area contributed by atoms with E-state index < -0.39 is 0 Å². The first kappa shape index (κ1) is 20.6. The molecule has 144 valence electrons. The summed E-state index contributed by atoms with van der Waals surface area (Å²) >= 11 is 0. The Morgan fingerprint density at radius 3 is 2.19 bits per heavy atom. The van der Waals surface area contributed by atoms with Crippen LogP contribution in [0.15, 0.2) is 48.5 Å². The SMILES string of the molecule is CCCCc1ccc(C(=O)N(CC)CC(=O)NCc2ccc(F)cc2)cc1. The molecule has 0 saturated carbocycles. The van der Waals surface area contributed by atoms with E-state index in [0.717, 1.165) is 24.8 Å². The van der Waals surface area contributed by atoms with Gasteiger partial charge < -0.3 is 10.2 Å². The summed E-state index contributed by atoms with van der Waals surface area (Å²) in [5.41, 5.74) is 2.61. The molecule has 1 N–H and O–H groups in total. The Balaban J connectivity index is 1.89. The number of likely N-dealkylation sites (N-methyl/N-ethyl adjacent to an activating group) is 1. The lowest BCUT2D eigenvalue weighted by molar-refractivity contribution is -0.121. The fourth-order valence-corrected chi connectivity index (χ4v) is 2.74. The highest BCUT2D eigenvalue weighted by Gasteiger charge is 2.17. The standard InChI is InChI=1S/C22H27FN2O2/c1-3-5-6-17-7-11-19(12-8-17)22(27)25(4-2)16-21(26)24-15-18-9-13-20(23)14-10-18/h7-14H,3-6,15-16H2,1-2H3,(H,24,26). The molecule has 0 heterocycles. The van der Waals surface area contributed by atoms with Gasteiger partial charge in [0.1, 0.15) is 5.82 Å². The normalized spacial score (nSPS) is 10.5. The van der Waals surface area contributed by atoms with E-state index in [-0.39, 0.29) is 24.2 Å². The van der Waals surface area contributed by atoms with E-state index >= 15 is 0 Å². The molecule has 0 unspecified atom stereocenters. The van der Waals surface area contributed by atoms with Gasteiger partial charge in [-0.2, -0.15) is 0 Å². The molecular weight excluding hydrogens is 343 g/mol. The molecule has 0 aliphatic carbocycles. The van der Waals surface area contributed by atoms with Gasteiger partial charge in [0.15, 0.2) is 0 Å². The molecule has 2 aromatic carbocycles. The van der Waals surface area contributed by atoms with Crippen LogP contribution in [0.4, 0.5) is 4.39 Å². The number of aryl methyl sites for hydroxylation is 1. The van der Waals surface area contributed by atoms with E-state index in [2.05, 4.69) is 12.2 Å². The number of unbranched alkanes of at least 4 members (excludes halogenated alkanes) is 1. The van der Waals surface area contributed by atoms with E-state index in [1.807, 2.05) is 31.2 Å². The molecule has 5 heteroatoms. The van der Waals surface area contributed by atoms with E-state index in [1.54, 1.807) is 12.1 Å². The van der Waals surface area contributed by atoms with Crippen molar-refractivity contribution < 1.29 is 14.0 Å². The highest BCUT2D eigenvalue weighted by atomic mass is 19.1. The summed E-state index contributed by atoms with van der Waals surface area (Å²) < 4.78 is 12.9. The van der Waals surface area contributed by atoms with E-state index in [1.165, 1.54) is 22.6 Å². The van der Waals surface area contributed by atoms with Crippen LogP contribution in [0.25, 0.3) is 0 Å². The third kappa shape index (κ3) is 6.51. The highest BCUT2D eigenvalue weighted by molar-refractivity contribution is 5.96. The minimum Gasteiger partial charge on any atom is -0.350 e. The van der Waals surface area contributed by atoms with E-state index in [4.69, 9.17) is 0 Å². The minimum absolute atomic E-state index is 0.00584. The maximum atomic E-state index is 12.9. The summed E-state index contributed by atoms with van der Waals surface area (Å²) in [6.45, 7) is 4.74. The molecule has 0 aliphatic rings. The lowest BCUT2D eigenvalue weighted by Crippen LogP contribution is -2.40. The van der Waals surface area contributed by atoms with Crippen molar-refractivity contribution >= 4 is 11.8 Å². The van der Waals surface area contributed by atoms with Gasteiger partial charge in [-0.25, -0.2) is 4.39 Å². The topological polar surface area (TPSA) is 49.4 Å². The number of carbonyl (C=O) groups excluding carboxylic acids is 2. The van der Waals surface area contributed by atoms with Gasteiger partial charge >= 0.3 is 0 Å². The summed E-state index contributed by atoms with van der Waals surface area (Å²) in [6.07, 6.45) is 3.27. The van der Waals surface area contributed by atoms with Gasteiger partial charge in [-0.05, 0) is 55.2 Å². The highest BCUT2D eigenvalue weighted by Crippen LogP contribution is 2.10. The fourth-order valence-electron chi connectivity index (χ4n) is 2.74. The molecule has 0 saturated heterocycles. The zero-order valence-corrected chi connectivity index (χ0v) is 16.0. The van der Waals surface area contributed by atoms with Crippen LogP contribution in [-0.4, -0.2) is 29.8 Å². The van der Waals surface area contributed by atoms with Crippen LogP contribution >= 0.6 is 0 Å². The van der Waals surface area contributed by atoms with Crippen molar-refractivity contribution in [2.45, 2.75) is 39.7 Å². The monoisotopic (exact) mass is 370 g/mol. The van der Waals surface area contributed by atoms with Crippen LogP contribution in [-0.2, 0) is 17.8 Å². The molecule has 4 nitrogen and oxygen atoms in total. The summed E-state index contributed by atoms with van der Waals surface area (Å²) in [7, 11) is 0. The number of nitrogens with one attached hydrogen (secondary N) is 1. The number of amides is 2. The average molecular weight is 370 g/mol. The number of carbonyl (C=O) groups is 2. The van der Waals surface area contributed by atoms with Gasteiger partial charge in [-0.1, -0.05) is 37.6 Å². The number of rotatable bonds is 9. The van der Waals surface area contributed by atoms with Crippen LogP contribution in [0.3, 0.4) is 0 Å². The lowest BCUT2D eigenvalue weighted by Gasteiger charge is -2.20. The second kappa shape index (κ2) is 10.5. The van der Waals surface area contributed by atoms with Crippen molar-refractivity contribution in [3.05, 3.63) is 71.0 Å². The van der Waals surface area contributed by atoms with Crippen LogP contribution in [0, 0.1) is 5.82 Å². The summed E-state index contributed by atoms with van der Waals surface area (Å²) in [4.78, 5) is 26.3. The second-order valence-corrected chi connectivity index (χ2v) is 6.52. The maximum absolute atomic E-state index is 12.9. The quantitative estimate of drug-likeness (QED) is 0.727. The fraction of sp³-hybridized carbons (Fsp3) is 0.364. The van der Waals surface area contributed by atoms with Crippen molar-refractivity contribution in [1.82, 2.24) is 10.2 Å². The van der Waals surface area contributed by atoms with Gasteiger partial charge in [-0.3, -0.25) is 9.59 Å². The molecule has 0 aliphatic heterocycles. The molecule has 0 atom stereocenters. The van der Waals surface area contributed by atoms with Crippen molar-refractivity contribution in [2.75, 3.05) is 13.1 Å². The molecular formula is C22H27FN2O2. The molecule has 2 amide bonds. The number of halogens is 1. The first-order valence-corrected chi connectivity index (χ1v) is 9.42. The summed E-state index contributed by atoms with van der Waals surface area (Å²) in [6, 6.07) is 13.6. The van der Waals surface area contributed by atoms with Crippen molar-refractivity contribution in [3.63, 3.8) is 0 Å². The Labute approximate surface area is 160 Å². The van der Waals surface area contributed by atoms with Crippen LogP contribution in [0.1, 0.15) is 48.2 Å². The molecule has 2 rings (SSSR count). The van der Waals surface area contributed by atoms with E-state index in [0.29, 0.717) is 18.7 Å². The number of benzene rings is 2. The van der Waals surface area contributed by atoms with Crippen LogP contribution in [0.5, 0.6) is 0 Å². The number of hydrogen-bond acceptors (Lipinski definition) is 2. The molecule has 0 radical (unpaired) electrons. The Hall–Kier alpha value is -2.69. The van der Waals surface area contributed by atoms with Crippen molar-refractivity contribution in [3.8, 4) is 0 Å². The minimum atomic E-state index is -0.312. The van der Waals surface area contributed by atoms with E-state index in [9.17, 15) is 14.0 Å².